The van der Waals surface area contributed by atoms with E-state index in [2.05, 4.69) is 23.8 Å². The maximum atomic E-state index is 10.7. The highest BCUT2D eigenvalue weighted by molar-refractivity contribution is 5.24. The van der Waals surface area contributed by atoms with Gasteiger partial charge in [-0.15, -0.1) is 0 Å². The molecule has 1 aliphatic carbocycles. The maximum Gasteiger partial charge on any atom is 0.0700 e. The van der Waals surface area contributed by atoms with Crippen LogP contribution < -0.4 is 0 Å². The van der Waals surface area contributed by atoms with Gasteiger partial charge in [0.2, 0.25) is 0 Å². The summed E-state index contributed by atoms with van der Waals surface area (Å²) in [5.74, 6) is 0.474. The van der Waals surface area contributed by atoms with E-state index in [1.165, 1.54) is 30.5 Å². The van der Waals surface area contributed by atoms with Gasteiger partial charge in [0.15, 0.2) is 0 Å². The number of piperidine rings is 1. The van der Waals surface area contributed by atoms with Gasteiger partial charge in [0.25, 0.3) is 0 Å². The minimum atomic E-state index is -0.367. The third kappa shape index (κ3) is 2.40. The molecule has 1 saturated carbocycles. The van der Waals surface area contributed by atoms with Crippen LogP contribution in [0.5, 0.6) is 0 Å². The van der Waals surface area contributed by atoms with Gasteiger partial charge in [-0.25, -0.2) is 0 Å². The second-order valence-electron chi connectivity index (χ2n) is 6.80. The zero-order valence-electron chi connectivity index (χ0n) is 13.0. The monoisotopic (exact) mass is 277 g/mol. The van der Waals surface area contributed by atoms with Crippen molar-refractivity contribution in [2.45, 2.75) is 58.1 Å². The molecule has 0 aromatic carbocycles. The van der Waals surface area contributed by atoms with E-state index < -0.39 is 0 Å². The molecule has 0 amide bonds. The first-order valence-corrected chi connectivity index (χ1v) is 7.93. The number of nitrogens with zero attached hydrogens (tertiary/aromatic N) is 3. The average molecular weight is 277 g/mol. The molecule has 2 unspecified atom stereocenters. The first kappa shape index (κ1) is 14.1. The predicted molar refractivity (Wildman–Crippen MR) is 79.5 cm³/mol. The van der Waals surface area contributed by atoms with Gasteiger partial charge in [-0.2, -0.15) is 5.10 Å². The molecular formula is C16H27N3O. The number of aliphatic hydroxyl groups is 1. The summed E-state index contributed by atoms with van der Waals surface area (Å²) in [6.07, 6.45) is 5.63. The summed E-state index contributed by atoms with van der Waals surface area (Å²) >= 11 is 0. The molecule has 3 rings (SSSR count). The van der Waals surface area contributed by atoms with Crippen molar-refractivity contribution in [3.63, 3.8) is 0 Å². The van der Waals surface area contributed by atoms with E-state index in [0.29, 0.717) is 5.92 Å². The molecule has 112 valence electrons. The van der Waals surface area contributed by atoms with Crippen LogP contribution in [0.3, 0.4) is 0 Å². The number of rotatable bonds is 2. The van der Waals surface area contributed by atoms with Crippen molar-refractivity contribution >= 4 is 0 Å². The lowest BCUT2D eigenvalue weighted by atomic mass is 9.71. The Kier molecular flexibility index (Phi) is 3.63. The Hall–Kier alpha value is -0.870. The Morgan fingerprint density at radius 2 is 2.10 bits per heavy atom. The quantitative estimate of drug-likeness (QED) is 0.900. The predicted octanol–water partition coefficient (Wildman–Crippen LogP) is 2.16. The summed E-state index contributed by atoms with van der Waals surface area (Å²) < 4.78 is 1.98. The molecule has 1 N–H and O–H groups in total. The highest BCUT2D eigenvalue weighted by Crippen LogP contribution is 2.40. The highest BCUT2D eigenvalue weighted by atomic mass is 16.3. The van der Waals surface area contributed by atoms with Gasteiger partial charge in [-0.1, -0.05) is 12.8 Å². The van der Waals surface area contributed by atoms with Crippen LogP contribution in [0.4, 0.5) is 0 Å². The molecular weight excluding hydrogens is 250 g/mol. The summed E-state index contributed by atoms with van der Waals surface area (Å²) in [6.45, 7) is 7.29. The van der Waals surface area contributed by atoms with E-state index in [4.69, 9.17) is 0 Å². The summed E-state index contributed by atoms with van der Waals surface area (Å²) in [7, 11) is 2.02. The molecule has 4 heteroatoms. The van der Waals surface area contributed by atoms with Crippen LogP contribution >= 0.6 is 0 Å². The van der Waals surface area contributed by atoms with Gasteiger partial charge in [0.05, 0.1) is 11.3 Å². The first-order chi connectivity index (χ1) is 9.49. The van der Waals surface area contributed by atoms with Crippen LogP contribution in [-0.2, 0) is 13.6 Å². The second kappa shape index (κ2) is 5.15. The largest absolute Gasteiger partial charge is 0.390 e. The Bertz CT molecular complexity index is 496. The summed E-state index contributed by atoms with van der Waals surface area (Å²) in [4.78, 5) is 2.52. The summed E-state index contributed by atoms with van der Waals surface area (Å²) in [5, 5.41) is 15.3. The van der Waals surface area contributed by atoms with E-state index in [1.807, 2.05) is 11.7 Å². The van der Waals surface area contributed by atoms with Crippen molar-refractivity contribution in [3.05, 3.63) is 17.0 Å². The smallest absolute Gasteiger partial charge is 0.0700 e. The zero-order chi connectivity index (χ0) is 14.3. The number of aryl methyl sites for hydroxylation is 2. The SMILES string of the molecule is Cc1nn(C)c(C)c1CN1CCC2(O)CCCCC2C1. The molecule has 1 aliphatic heterocycles. The van der Waals surface area contributed by atoms with Gasteiger partial charge >= 0.3 is 0 Å². The van der Waals surface area contributed by atoms with E-state index in [-0.39, 0.29) is 5.60 Å². The topological polar surface area (TPSA) is 41.3 Å². The molecule has 2 fully saturated rings. The molecule has 20 heavy (non-hydrogen) atoms. The number of aromatic nitrogens is 2. The lowest BCUT2D eigenvalue weighted by Gasteiger charge is -2.47. The van der Waals surface area contributed by atoms with Gasteiger partial charge in [0.1, 0.15) is 0 Å². The van der Waals surface area contributed by atoms with Crippen molar-refractivity contribution in [3.8, 4) is 0 Å². The third-order valence-corrected chi connectivity index (χ3v) is 5.55. The van der Waals surface area contributed by atoms with Crippen LogP contribution in [0, 0.1) is 19.8 Å². The molecule has 0 spiro atoms. The lowest BCUT2D eigenvalue weighted by molar-refractivity contribution is -0.0968. The van der Waals surface area contributed by atoms with Crippen LogP contribution in [-0.4, -0.2) is 38.5 Å². The average Bonchev–Trinajstić information content (AvgIpc) is 2.65. The fraction of sp³-hybridized carbons (Fsp3) is 0.812. The Balaban J connectivity index is 1.71. The molecule has 1 saturated heterocycles. The molecule has 4 nitrogen and oxygen atoms in total. The van der Waals surface area contributed by atoms with Crippen molar-refractivity contribution < 1.29 is 5.11 Å². The van der Waals surface area contributed by atoms with Crippen molar-refractivity contribution in [2.24, 2.45) is 13.0 Å². The van der Waals surface area contributed by atoms with E-state index in [9.17, 15) is 5.11 Å². The molecule has 2 atom stereocenters. The molecule has 2 heterocycles. The van der Waals surface area contributed by atoms with Crippen molar-refractivity contribution in [1.29, 1.82) is 0 Å². The fourth-order valence-electron chi connectivity index (χ4n) is 4.05. The highest BCUT2D eigenvalue weighted by Gasteiger charge is 2.42. The number of hydrogen-bond acceptors (Lipinski definition) is 3. The Morgan fingerprint density at radius 1 is 1.30 bits per heavy atom. The van der Waals surface area contributed by atoms with Crippen LogP contribution in [0.25, 0.3) is 0 Å². The molecule has 0 radical (unpaired) electrons. The zero-order valence-corrected chi connectivity index (χ0v) is 13.0. The van der Waals surface area contributed by atoms with Gasteiger partial charge < -0.3 is 5.11 Å². The van der Waals surface area contributed by atoms with E-state index in [1.54, 1.807) is 0 Å². The molecule has 1 aromatic heterocycles. The third-order valence-electron chi connectivity index (χ3n) is 5.55. The van der Waals surface area contributed by atoms with E-state index in [0.717, 1.165) is 38.2 Å². The van der Waals surface area contributed by atoms with Gasteiger partial charge in [-0.3, -0.25) is 9.58 Å². The molecule has 1 aromatic rings. The maximum absolute atomic E-state index is 10.7. The van der Waals surface area contributed by atoms with Crippen LogP contribution in [0.15, 0.2) is 0 Å². The van der Waals surface area contributed by atoms with Crippen LogP contribution in [0.2, 0.25) is 0 Å². The minimum Gasteiger partial charge on any atom is -0.390 e. The fourth-order valence-corrected chi connectivity index (χ4v) is 4.05. The lowest BCUT2D eigenvalue weighted by Crippen LogP contribution is -2.53. The second-order valence-corrected chi connectivity index (χ2v) is 6.80. The summed E-state index contributed by atoms with van der Waals surface area (Å²) in [5.41, 5.74) is 3.42. The Labute approximate surface area is 121 Å². The number of likely N-dealkylation sites (tertiary alicyclic amines) is 1. The first-order valence-electron chi connectivity index (χ1n) is 7.93. The normalized spacial score (nSPS) is 31.3. The van der Waals surface area contributed by atoms with Gasteiger partial charge in [0, 0.05) is 43.9 Å². The van der Waals surface area contributed by atoms with Crippen molar-refractivity contribution in [1.82, 2.24) is 14.7 Å². The summed E-state index contributed by atoms with van der Waals surface area (Å²) in [6, 6.07) is 0. The number of fused-ring (bicyclic) bond motifs is 1. The Morgan fingerprint density at radius 3 is 2.80 bits per heavy atom. The van der Waals surface area contributed by atoms with Gasteiger partial charge in [-0.05, 0) is 33.1 Å². The molecule has 0 bridgehead atoms. The van der Waals surface area contributed by atoms with E-state index >= 15 is 0 Å². The molecule has 2 aliphatic rings. The minimum absolute atomic E-state index is 0.367. The van der Waals surface area contributed by atoms with Crippen molar-refractivity contribution in [2.75, 3.05) is 13.1 Å². The number of hydrogen-bond donors (Lipinski definition) is 1. The standard InChI is InChI=1S/C16H27N3O/c1-12-15(13(2)18(3)17-12)11-19-9-8-16(20)7-5-4-6-14(16)10-19/h14,20H,4-11H2,1-3H3. The van der Waals surface area contributed by atoms with Crippen LogP contribution in [0.1, 0.15) is 49.1 Å².